The lowest BCUT2D eigenvalue weighted by Crippen LogP contribution is -2.35. The van der Waals surface area contributed by atoms with Crippen molar-refractivity contribution in [1.29, 1.82) is 0 Å². The average molecular weight is 462 g/mol. The zero-order chi connectivity index (χ0) is 23.4. The summed E-state index contributed by atoms with van der Waals surface area (Å²) in [7, 11) is 1.61. The van der Waals surface area contributed by atoms with Crippen LogP contribution in [-0.2, 0) is 13.1 Å². The van der Waals surface area contributed by atoms with Gasteiger partial charge in [0.15, 0.2) is 0 Å². The van der Waals surface area contributed by atoms with E-state index in [1.165, 1.54) is 0 Å². The molecule has 1 aromatic heterocycles. The molecule has 0 unspecified atom stereocenters. The first-order chi connectivity index (χ1) is 15.9. The summed E-state index contributed by atoms with van der Waals surface area (Å²) in [6.45, 7) is 2.41. The molecular weight excluding hydrogens is 438 g/mol. The number of benzene rings is 3. The Morgan fingerprint density at radius 3 is 2.45 bits per heavy atom. The number of para-hydroxylation sites is 1. The fraction of sp³-hybridized carbons (Fsp3) is 0.154. The average Bonchev–Trinajstić information content (AvgIpc) is 2.81. The number of urea groups is 1. The van der Waals surface area contributed by atoms with Crippen molar-refractivity contribution in [3.05, 3.63) is 105 Å². The van der Waals surface area contributed by atoms with Crippen LogP contribution < -0.4 is 15.6 Å². The summed E-state index contributed by atoms with van der Waals surface area (Å²) in [4.78, 5) is 30.6. The van der Waals surface area contributed by atoms with Crippen molar-refractivity contribution < 1.29 is 9.53 Å². The van der Waals surface area contributed by atoms with E-state index < -0.39 is 0 Å². The van der Waals surface area contributed by atoms with Crippen LogP contribution in [-0.4, -0.2) is 23.0 Å². The summed E-state index contributed by atoms with van der Waals surface area (Å²) >= 11 is 5.95. The molecule has 0 atom stereocenters. The summed E-state index contributed by atoms with van der Waals surface area (Å²) < 4.78 is 5.22. The number of aromatic nitrogens is 1. The van der Waals surface area contributed by atoms with Crippen molar-refractivity contribution in [1.82, 2.24) is 9.88 Å². The number of rotatable bonds is 6. The third-order valence-electron chi connectivity index (χ3n) is 5.44. The quantitative estimate of drug-likeness (QED) is 0.385. The molecule has 0 fully saturated rings. The SMILES string of the molecule is COc1ccc(CN(Cc2cc3cccc(C)c3[nH]c2=O)C(=O)Nc2ccc(Cl)cc2)cc1. The summed E-state index contributed by atoms with van der Waals surface area (Å²) in [6.07, 6.45) is 0. The molecular formula is C26H24ClN3O3. The maximum absolute atomic E-state index is 13.2. The van der Waals surface area contributed by atoms with Crippen LogP contribution >= 0.6 is 11.6 Å². The fourth-order valence-electron chi connectivity index (χ4n) is 3.64. The molecule has 1 heterocycles. The number of methoxy groups -OCH3 is 1. The largest absolute Gasteiger partial charge is 0.497 e. The first-order valence-corrected chi connectivity index (χ1v) is 10.9. The van der Waals surface area contributed by atoms with E-state index in [-0.39, 0.29) is 18.1 Å². The van der Waals surface area contributed by atoms with Gasteiger partial charge in [0, 0.05) is 22.8 Å². The number of hydrogen-bond acceptors (Lipinski definition) is 3. The van der Waals surface area contributed by atoms with Crippen LogP contribution in [0.2, 0.25) is 5.02 Å². The van der Waals surface area contributed by atoms with Crippen LogP contribution in [0.3, 0.4) is 0 Å². The number of ether oxygens (including phenoxy) is 1. The predicted octanol–water partition coefficient (Wildman–Crippen LogP) is 5.73. The van der Waals surface area contributed by atoms with Crippen LogP contribution in [0.15, 0.2) is 77.6 Å². The molecule has 4 aromatic rings. The summed E-state index contributed by atoms with van der Waals surface area (Å²) in [5, 5.41) is 4.40. The van der Waals surface area contributed by atoms with Crippen LogP contribution in [0.1, 0.15) is 16.7 Å². The fourth-order valence-corrected chi connectivity index (χ4v) is 3.76. The Morgan fingerprint density at radius 1 is 1.03 bits per heavy atom. The normalized spacial score (nSPS) is 10.8. The maximum atomic E-state index is 13.2. The minimum Gasteiger partial charge on any atom is -0.497 e. The van der Waals surface area contributed by atoms with E-state index in [1.54, 1.807) is 36.3 Å². The molecule has 2 amide bonds. The molecule has 0 aliphatic heterocycles. The van der Waals surface area contributed by atoms with Crippen molar-refractivity contribution in [3.8, 4) is 5.75 Å². The minimum absolute atomic E-state index is 0.144. The van der Waals surface area contributed by atoms with Gasteiger partial charge in [0.1, 0.15) is 5.75 Å². The highest BCUT2D eigenvalue weighted by Gasteiger charge is 2.17. The number of nitrogens with one attached hydrogen (secondary N) is 2. The second-order valence-electron chi connectivity index (χ2n) is 7.80. The van der Waals surface area contributed by atoms with Crippen molar-refractivity contribution >= 4 is 34.2 Å². The molecule has 0 radical (unpaired) electrons. The smallest absolute Gasteiger partial charge is 0.322 e. The molecule has 0 aliphatic rings. The number of amides is 2. The highest BCUT2D eigenvalue weighted by atomic mass is 35.5. The van der Waals surface area contributed by atoms with Gasteiger partial charge in [0.2, 0.25) is 0 Å². The Morgan fingerprint density at radius 2 is 1.76 bits per heavy atom. The van der Waals surface area contributed by atoms with Crippen molar-refractivity contribution in [2.45, 2.75) is 20.0 Å². The van der Waals surface area contributed by atoms with Gasteiger partial charge >= 0.3 is 6.03 Å². The molecule has 7 heteroatoms. The molecule has 0 bridgehead atoms. The molecule has 2 N–H and O–H groups in total. The second kappa shape index (κ2) is 9.79. The van der Waals surface area contributed by atoms with Crippen LogP contribution in [0.25, 0.3) is 10.9 Å². The summed E-state index contributed by atoms with van der Waals surface area (Å²) in [5.74, 6) is 0.734. The maximum Gasteiger partial charge on any atom is 0.322 e. The zero-order valence-corrected chi connectivity index (χ0v) is 19.1. The van der Waals surface area contributed by atoms with E-state index >= 15 is 0 Å². The molecule has 33 heavy (non-hydrogen) atoms. The van der Waals surface area contributed by atoms with Crippen LogP contribution in [0, 0.1) is 6.92 Å². The number of aryl methyl sites for hydroxylation is 1. The standard InChI is InChI=1S/C26H24ClN3O3/c1-17-4-3-5-19-14-20(25(31)29-24(17)19)16-30(15-18-6-12-23(33-2)13-7-18)26(32)28-22-10-8-21(27)9-11-22/h3-14H,15-16H2,1-2H3,(H,28,32)(H,29,31). The van der Waals surface area contributed by atoms with Crippen molar-refractivity contribution in [3.63, 3.8) is 0 Å². The lowest BCUT2D eigenvalue weighted by atomic mass is 10.1. The number of anilines is 1. The number of carbonyl (C=O) groups is 1. The predicted molar refractivity (Wildman–Crippen MR) is 132 cm³/mol. The van der Waals surface area contributed by atoms with Gasteiger partial charge in [-0.1, -0.05) is 41.9 Å². The number of aromatic amines is 1. The van der Waals surface area contributed by atoms with Crippen molar-refractivity contribution in [2.24, 2.45) is 0 Å². The Balaban J connectivity index is 1.64. The number of fused-ring (bicyclic) bond motifs is 1. The number of halogens is 1. The van der Waals surface area contributed by atoms with Crippen LogP contribution in [0.5, 0.6) is 5.75 Å². The number of H-pyrrole nitrogens is 1. The molecule has 0 aliphatic carbocycles. The number of carbonyl (C=O) groups excluding carboxylic acids is 1. The van der Waals surface area contributed by atoms with E-state index in [1.807, 2.05) is 55.5 Å². The first kappa shape index (κ1) is 22.4. The number of hydrogen-bond donors (Lipinski definition) is 2. The Labute approximate surface area is 196 Å². The summed E-state index contributed by atoms with van der Waals surface area (Å²) in [6, 6.07) is 21.7. The monoisotopic (exact) mass is 461 g/mol. The molecule has 4 rings (SSSR count). The van der Waals surface area contributed by atoms with Gasteiger partial charge < -0.3 is 19.9 Å². The third-order valence-corrected chi connectivity index (χ3v) is 5.69. The molecule has 0 saturated carbocycles. The van der Waals surface area contributed by atoms with E-state index in [0.29, 0.717) is 22.8 Å². The highest BCUT2D eigenvalue weighted by Crippen LogP contribution is 2.19. The Hall–Kier alpha value is -3.77. The number of pyridine rings is 1. The van der Waals surface area contributed by atoms with E-state index in [4.69, 9.17) is 16.3 Å². The van der Waals surface area contributed by atoms with Gasteiger partial charge in [-0.15, -0.1) is 0 Å². The van der Waals surface area contributed by atoms with Crippen molar-refractivity contribution in [2.75, 3.05) is 12.4 Å². The zero-order valence-electron chi connectivity index (χ0n) is 18.4. The topological polar surface area (TPSA) is 74.4 Å². The summed E-state index contributed by atoms with van der Waals surface area (Å²) in [5.41, 5.74) is 3.62. The van der Waals surface area contributed by atoms with Gasteiger partial charge in [0.05, 0.1) is 19.2 Å². The second-order valence-corrected chi connectivity index (χ2v) is 8.24. The molecule has 0 spiro atoms. The lowest BCUT2D eigenvalue weighted by molar-refractivity contribution is 0.206. The highest BCUT2D eigenvalue weighted by molar-refractivity contribution is 6.30. The van der Waals surface area contributed by atoms with Gasteiger partial charge in [-0.25, -0.2) is 4.79 Å². The molecule has 0 saturated heterocycles. The molecule has 6 nitrogen and oxygen atoms in total. The van der Waals surface area contributed by atoms with Gasteiger partial charge in [0.25, 0.3) is 5.56 Å². The molecule has 168 valence electrons. The Bertz CT molecular complexity index is 1330. The lowest BCUT2D eigenvalue weighted by Gasteiger charge is -2.23. The van der Waals surface area contributed by atoms with Gasteiger partial charge in [-0.05, 0) is 65.9 Å². The van der Waals surface area contributed by atoms with E-state index in [2.05, 4.69) is 10.3 Å². The third kappa shape index (κ3) is 5.35. The number of nitrogens with zero attached hydrogens (tertiary/aromatic N) is 1. The van der Waals surface area contributed by atoms with Gasteiger partial charge in [-0.3, -0.25) is 4.79 Å². The Kier molecular flexibility index (Phi) is 6.66. The van der Waals surface area contributed by atoms with Gasteiger partial charge in [-0.2, -0.15) is 0 Å². The van der Waals surface area contributed by atoms with E-state index in [0.717, 1.165) is 27.8 Å². The first-order valence-electron chi connectivity index (χ1n) is 10.5. The molecule has 3 aromatic carbocycles. The van der Waals surface area contributed by atoms with Crippen LogP contribution in [0.4, 0.5) is 10.5 Å². The minimum atomic E-state index is -0.322. The van der Waals surface area contributed by atoms with E-state index in [9.17, 15) is 9.59 Å².